The fourth-order valence-electron chi connectivity index (χ4n) is 2.56. The molecule has 7 heteroatoms. The summed E-state index contributed by atoms with van der Waals surface area (Å²) in [6, 6.07) is 9.01. The molecule has 0 spiro atoms. The highest BCUT2D eigenvalue weighted by Gasteiger charge is 2.31. The predicted molar refractivity (Wildman–Crippen MR) is 80.5 cm³/mol. The summed E-state index contributed by atoms with van der Waals surface area (Å²) in [4.78, 5) is 0. The molecule has 0 amide bonds. The van der Waals surface area contributed by atoms with Gasteiger partial charge in [-0.3, -0.25) is 0 Å². The first-order chi connectivity index (χ1) is 11.2. The molecule has 0 saturated carbocycles. The molecule has 23 heavy (non-hydrogen) atoms. The van der Waals surface area contributed by atoms with Crippen molar-refractivity contribution in [3.05, 3.63) is 41.7 Å². The van der Waals surface area contributed by atoms with Gasteiger partial charge >= 0.3 is 0 Å². The zero-order valence-corrected chi connectivity index (χ0v) is 12.7. The van der Waals surface area contributed by atoms with Crippen molar-refractivity contribution in [1.29, 1.82) is 5.26 Å². The summed E-state index contributed by atoms with van der Waals surface area (Å²) < 4.78 is 12.5. The van der Waals surface area contributed by atoms with Crippen LogP contribution >= 0.6 is 0 Å². The van der Waals surface area contributed by atoms with E-state index in [2.05, 4.69) is 16.4 Å². The number of aromatic nitrogens is 3. The van der Waals surface area contributed by atoms with E-state index in [0.29, 0.717) is 43.2 Å². The van der Waals surface area contributed by atoms with Crippen LogP contribution in [0, 0.1) is 11.3 Å². The van der Waals surface area contributed by atoms with Crippen LogP contribution in [0.2, 0.25) is 0 Å². The molecule has 1 unspecified atom stereocenters. The van der Waals surface area contributed by atoms with Gasteiger partial charge in [0.2, 0.25) is 0 Å². The number of aliphatic hydroxyl groups is 1. The number of hydrogen-bond acceptors (Lipinski definition) is 6. The topological polar surface area (TPSA) is 93.2 Å². The summed E-state index contributed by atoms with van der Waals surface area (Å²) in [5.41, 5.74) is 0.323. The molecular formula is C16H18N4O3. The molecule has 1 aliphatic rings. The number of hydrogen-bond donors (Lipinski definition) is 1. The van der Waals surface area contributed by atoms with Crippen LogP contribution in [0.4, 0.5) is 0 Å². The van der Waals surface area contributed by atoms with Gasteiger partial charge in [-0.15, -0.1) is 5.10 Å². The van der Waals surface area contributed by atoms with E-state index < -0.39 is 5.60 Å². The lowest BCUT2D eigenvalue weighted by molar-refractivity contribution is -0.0960. The number of rotatable bonds is 5. The summed E-state index contributed by atoms with van der Waals surface area (Å²) in [5, 5.41) is 27.4. The first-order valence-electron chi connectivity index (χ1n) is 7.49. The number of benzene rings is 1. The second-order valence-corrected chi connectivity index (χ2v) is 5.72. The van der Waals surface area contributed by atoms with Gasteiger partial charge in [0.15, 0.2) is 0 Å². The summed E-state index contributed by atoms with van der Waals surface area (Å²) >= 11 is 0. The van der Waals surface area contributed by atoms with E-state index in [1.807, 2.05) is 0 Å². The van der Waals surface area contributed by atoms with Crippen molar-refractivity contribution in [2.75, 3.05) is 13.2 Å². The molecule has 0 radical (unpaired) electrons. The van der Waals surface area contributed by atoms with E-state index in [0.717, 1.165) is 6.42 Å². The van der Waals surface area contributed by atoms with E-state index in [4.69, 9.17) is 14.7 Å². The Morgan fingerprint density at radius 2 is 2.39 bits per heavy atom. The smallest absolute Gasteiger partial charge is 0.134 e. The lowest BCUT2D eigenvalue weighted by atomic mass is 9.97. The van der Waals surface area contributed by atoms with Crippen LogP contribution in [0.15, 0.2) is 30.5 Å². The molecule has 120 valence electrons. The van der Waals surface area contributed by atoms with Gasteiger partial charge in [-0.25, -0.2) is 4.68 Å². The van der Waals surface area contributed by atoms with Crippen molar-refractivity contribution in [1.82, 2.24) is 15.0 Å². The molecule has 1 aliphatic heterocycles. The van der Waals surface area contributed by atoms with E-state index in [1.54, 1.807) is 35.1 Å². The van der Waals surface area contributed by atoms with Gasteiger partial charge in [0.25, 0.3) is 0 Å². The Balaban J connectivity index is 1.58. The molecule has 3 rings (SSSR count). The largest absolute Gasteiger partial charge is 0.487 e. The first-order valence-corrected chi connectivity index (χ1v) is 7.49. The molecule has 7 nitrogen and oxygen atoms in total. The molecular weight excluding hydrogens is 296 g/mol. The van der Waals surface area contributed by atoms with Crippen LogP contribution in [0.5, 0.6) is 5.75 Å². The van der Waals surface area contributed by atoms with Gasteiger partial charge in [0, 0.05) is 6.61 Å². The maximum Gasteiger partial charge on any atom is 0.134 e. The van der Waals surface area contributed by atoms with Crippen LogP contribution < -0.4 is 4.74 Å². The van der Waals surface area contributed by atoms with Crippen LogP contribution in [0.25, 0.3) is 0 Å². The Kier molecular flexibility index (Phi) is 4.55. The Bertz CT molecular complexity index is 701. The third-order valence-electron chi connectivity index (χ3n) is 3.69. The third kappa shape index (κ3) is 4.06. The highest BCUT2D eigenvalue weighted by atomic mass is 16.5. The highest BCUT2D eigenvalue weighted by molar-refractivity contribution is 5.36. The van der Waals surface area contributed by atoms with Crippen LogP contribution in [0.3, 0.4) is 0 Å². The Labute approximate surface area is 134 Å². The Morgan fingerprint density at radius 3 is 3.17 bits per heavy atom. The van der Waals surface area contributed by atoms with Crippen molar-refractivity contribution >= 4 is 0 Å². The molecule has 0 aliphatic carbocycles. The lowest BCUT2D eigenvalue weighted by Gasteiger charge is -2.31. The summed E-state index contributed by atoms with van der Waals surface area (Å²) in [6.45, 7) is 1.62. The molecule has 1 atom stereocenters. The highest BCUT2D eigenvalue weighted by Crippen LogP contribution is 2.21. The third-order valence-corrected chi connectivity index (χ3v) is 3.69. The van der Waals surface area contributed by atoms with Gasteiger partial charge in [0.05, 0.1) is 31.0 Å². The van der Waals surface area contributed by atoms with E-state index in [9.17, 15) is 5.11 Å². The fraction of sp³-hybridized carbons (Fsp3) is 0.438. The zero-order chi connectivity index (χ0) is 16.1. The first kappa shape index (κ1) is 15.5. The molecule has 1 fully saturated rings. The van der Waals surface area contributed by atoms with Crippen molar-refractivity contribution in [2.45, 2.75) is 31.6 Å². The molecule has 2 aromatic rings. The maximum absolute atomic E-state index is 10.4. The number of nitriles is 1. The van der Waals surface area contributed by atoms with Crippen LogP contribution in [0.1, 0.15) is 24.1 Å². The molecule has 1 aromatic carbocycles. The predicted octanol–water partition coefficient (Wildman–Crippen LogP) is 1.27. The normalized spacial score (nSPS) is 20.9. The van der Waals surface area contributed by atoms with Crippen molar-refractivity contribution < 1.29 is 14.6 Å². The summed E-state index contributed by atoms with van der Waals surface area (Å²) in [6.07, 6.45) is 3.29. The molecule has 1 saturated heterocycles. The monoisotopic (exact) mass is 314 g/mol. The molecule has 1 aromatic heterocycles. The van der Waals surface area contributed by atoms with Crippen LogP contribution in [-0.2, 0) is 17.9 Å². The average Bonchev–Trinajstić information content (AvgIpc) is 3.00. The van der Waals surface area contributed by atoms with Crippen molar-refractivity contribution in [3.8, 4) is 11.8 Å². The number of ether oxygens (including phenoxy) is 2. The van der Waals surface area contributed by atoms with Crippen LogP contribution in [-0.4, -0.2) is 38.9 Å². The minimum atomic E-state index is -0.884. The Morgan fingerprint density at radius 1 is 1.48 bits per heavy atom. The van der Waals surface area contributed by atoms with E-state index in [-0.39, 0.29) is 6.61 Å². The van der Waals surface area contributed by atoms with E-state index in [1.165, 1.54) is 0 Å². The van der Waals surface area contributed by atoms with Crippen molar-refractivity contribution in [2.24, 2.45) is 0 Å². The van der Waals surface area contributed by atoms with Gasteiger partial charge < -0.3 is 14.6 Å². The SMILES string of the molecule is N#Cc1cccc(OCc2cn(CC3(O)CCCOC3)nn2)c1. The Hall–Kier alpha value is -2.43. The van der Waals surface area contributed by atoms with Gasteiger partial charge in [-0.1, -0.05) is 11.3 Å². The fourth-order valence-corrected chi connectivity index (χ4v) is 2.56. The zero-order valence-electron chi connectivity index (χ0n) is 12.7. The maximum atomic E-state index is 10.4. The second-order valence-electron chi connectivity index (χ2n) is 5.72. The number of nitrogens with zero attached hydrogens (tertiary/aromatic N) is 4. The lowest BCUT2D eigenvalue weighted by Crippen LogP contribution is -2.42. The van der Waals surface area contributed by atoms with Gasteiger partial charge in [-0.2, -0.15) is 5.26 Å². The summed E-state index contributed by atoms with van der Waals surface area (Å²) in [5.74, 6) is 0.609. The van der Waals surface area contributed by atoms with Gasteiger partial charge in [0.1, 0.15) is 23.7 Å². The van der Waals surface area contributed by atoms with E-state index >= 15 is 0 Å². The minimum absolute atomic E-state index is 0.254. The minimum Gasteiger partial charge on any atom is -0.487 e. The standard InChI is InChI=1S/C16H18N4O3/c17-8-13-3-1-4-15(7-13)23-10-14-9-20(19-18-14)11-16(21)5-2-6-22-12-16/h1,3-4,7,9,21H,2,5-6,10-12H2. The summed E-state index contributed by atoms with van der Waals surface area (Å²) in [7, 11) is 0. The molecule has 0 bridgehead atoms. The van der Waals surface area contributed by atoms with Gasteiger partial charge in [-0.05, 0) is 31.0 Å². The van der Waals surface area contributed by atoms with Crippen molar-refractivity contribution in [3.63, 3.8) is 0 Å². The molecule has 2 heterocycles. The molecule has 1 N–H and O–H groups in total. The quantitative estimate of drug-likeness (QED) is 0.893. The average molecular weight is 314 g/mol. The second kappa shape index (κ2) is 6.77.